The van der Waals surface area contributed by atoms with Crippen LogP contribution >= 0.6 is 15.9 Å². The third-order valence-electron chi connectivity index (χ3n) is 2.05. The number of aromatic nitrogens is 3. The number of benzene rings is 1. The van der Waals surface area contributed by atoms with Crippen molar-refractivity contribution in [3.63, 3.8) is 0 Å². The molecule has 0 radical (unpaired) electrons. The summed E-state index contributed by atoms with van der Waals surface area (Å²) in [6.07, 6.45) is 2.28. The highest BCUT2D eigenvalue weighted by Crippen LogP contribution is 2.18. The predicted octanol–water partition coefficient (Wildman–Crippen LogP) is 2.15. The quantitative estimate of drug-likeness (QED) is 0.782. The highest BCUT2D eigenvalue weighted by atomic mass is 79.9. The van der Waals surface area contributed by atoms with Crippen LogP contribution in [0.1, 0.15) is 16.1 Å². The van der Waals surface area contributed by atoms with Gasteiger partial charge >= 0.3 is 0 Å². The summed E-state index contributed by atoms with van der Waals surface area (Å²) >= 11 is 3.39. The number of carbonyl (C=O) groups excluding carboxylic acids is 1. The molecule has 0 N–H and O–H groups in total. The standard InChI is InChI=1S/C10H8BrN3O/c1-7-2-3-8(11)4-10(7)14-5-9(6-15)12-13-14/h2-6H,1H3. The molecule has 0 aliphatic carbocycles. The van der Waals surface area contributed by atoms with Crippen LogP contribution < -0.4 is 0 Å². The SMILES string of the molecule is Cc1ccc(Br)cc1-n1cc(C=O)nn1. The van der Waals surface area contributed by atoms with Gasteiger partial charge < -0.3 is 0 Å². The summed E-state index contributed by atoms with van der Waals surface area (Å²) in [5.41, 5.74) is 2.31. The van der Waals surface area contributed by atoms with E-state index in [9.17, 15) is 4.79 Å². The van der Waals surface area contributed by atoms with Crippen molar-refractivity contribution in [2.24, 2.45) is 0 Å². The molecule has 15 heavy (non-hydrogen) atoms. The fourth-order valence-corrected chi connectivity index (χ4v) is 1.63. The molecular formula is C10H8BrN3O. The Hall–Kier alpha value is -1.49. The van der Waals surface area contributed by atoms with Crippen LogP contribution in [0.15, 0.2) is 28.9 Å². The highest BCUT2D eigenvalue weighted by Gasteiger charge is 2.05. The molecule has 0 bridgehead atoms. The molecular weight excluding hydrogens is 258 g/mol. The van der Waals surface area contributed by atoms with Gasteiger partial charge in [-0.25, -0.2) is 4.68 Å². The van der Waals surface area contributed by atoms with Crippen molar-refractivity contribution in [1.82, 2.24) is 15.0 Å². The van der Waals surface area contributed by atoms with Crippen molar-refractivity contribution >= 4 is 22.2 Å². The van der Waals surface area contributed by atoms with E-state index in [-0.39, 0.29) is 0 Å². The average Bonchev–Trinajstić information content (AvgIpc) is 2.70. The second-order valence-corrected chi connectivity index (χ2v) is 4.05. The Kier molecular flexibility index (Phi) is 2.64. The number of hydrogen-bond acceptors (Lipinski definition) is 3. The second-order valence-electron chi connectivity index (χ2n) is 3.14. The molecule has 5 heteroatoms. The zero-order valence-electron chi connectivity index (χ0n) is 8.01. The molecule has 1 aromatic carbocycles. The summed E-state index contributed by atoms with van der Waals surface area (Å²) < 4.78 is 2.55. The monoisotopic (exact) mass is 265 g/mol. The summed E-state index contributed by atoms with van der Waals surface area (Å²) in [5.74, 6) is 0. The maximum atomic E-state index is 10.5. The summed E-state index contributed by atoms with van der Waals surface area (Å²) in [5, 5.41) is 7.59. The van der Waals surface area contributed by atoms with Crippen molar-refractivity contribution < 1.29 is 4.79 Å². The van der Waals surface area contributed by atoms with E-state index < -0.39 is 0 Å². The molecule has 4 nitrogen and oxygen atoms in total. The van der Waals surface area contributed by atoms with Crippen molar-refractivity contribution in [3.05, 3.63) is 40.1 Å². The van der Waals surface area contributed by atoms with Crippen LogP contribution in [0.3, 0.4) is 0 Å². The third-order valence-corrected chi connectivity index (χ3v) is 2.54. The van der Waals surface area contributed by atoms with Crippen LogP contribution in [0.25, 0.3) is 5.69 Å². The largest absolute Gasteiger partial charge is 0.296 e. The Morgan fingerprint density at radius 1 is 1.47 bits per heavy atom. The first-order valence-corrected chi connectivity index (χ1v) is 5.14. The maximum Gasteiger partial charge on any atom is 0.171 e. The van der Waals surface area contributed by atoms with E-state index in [4.69, 9.17) is 0 Å². The Labute approximate surface area is 95.0 Å². The Morgan fingerprint density at radius 2 is 2.27 bits per heavy atom. The van der Waals surface area contributed by atoms with Gasteiger partial charge in [-0.2, -0.15) is 0 Å². The number of carbonyl (C=O) groups is 1. The molecule has 0 aliphatic heterocycles. The summed E-state index contributed by atoms with van der Waals surface area (Å²) in [6, 6.07) is 5.86. The Morgan fingerprint density at radius 3 is 2.93 bits per heavy atom. The van der Waals surface area contributed by atoms with Gasteiger partial charge in [0.15, 0.2) is 6.29 Å². The second kappa shape index (κ2) is 3.94. The minimum atomic E-state index is 0.328. The molecule has 0 unspecified atom stereocenters. The first-order valence-electron chi connectivity index (χ1n) is 4.35. The van der Waals surface area contributed by atoms with Crippen LogP contribution in [0.5, 0.6) is 0 Å². The van der Waals surface area contributed by atoms with Gasteiger partial charge in [-0.05, 0) is 24.6 Å². The van der Waals surface area contributed by atoms with Crippen molar-refractivity contribution in [1.29, 1.82) is 0 Å². The van der Waals surface area contributed by atoms with Crippen molar-refractivity contribution in [3.8, 4) is 5.69 Å². The van der Waals surface area contributed by atoms with Crippen LogP contribution in [0.4, 0.5) is 0 Å². The van der Waals surface area contributed by atoms with Crippen LogP contribution in [-0.4, -0.2) is 21.3 Å². The van der Waals surface area contributed by atoms with E-state index in [1.165, 1.54) is 0 Å². The lowest BCUT2D eigenvalue weighted by Crippen LogP contribution is -1.97. The van der Waals surface area contributed by atoms with E-state index >= 15 is 0 Å². The smallest absolute Gasteiger partial charge is 0.171 e. The van der Waals surface area contributed by atoms with Crippen molar-refractivity contribution in [2.75, 3.05) is 0 Å². The first kappa shape index (κ1) is 10.0. The van der Waals surface area contributed by atoms with Crippen LogP contribution in [0.2, 0.25) is 0 Å². The predicted molar refractivity (Wildman–Crippen MR) is 59.2 cm³/mol. The van der Waals surface area contributed by atoms with Crippen molar-refractivity contribution in [2.45, 2.75) is 6.92 Å². The number of aryl methyl sites for hydroxylation is 1. The molecule has 0 atom stereocenters. The number of halogens is 1. The number of rotatable bonds is 2. The minimum Gasteiger partial charge on any atom is -0.296 e. The topological polar surface area (TPSA) is 47.8 Å². The molecule has 2 aromatic rings. The number of aldehydes is 1. The molecule has 1 heterocycles. The Bertz CT molecular complexity index is 507. The minimum absolute atomic E-state index is 0.328. The molecule has 0 fully saturated rings. The zero-order chi connectivity index (χ0) is 10.8. The van der Waals surface area contributed by atoms with Crippen LogP contribution in [0, 0.1) is 6.92 Å². The van der Waals surface area contributed by atoms with Gasteiger partial charge in [0, 0.05) is 4.47 Å². The first-order chi connectivity index (χ1) is 7.20. The summed E-state index contributed by atoms with van der Waals surface area (Å²) in [7, 11) is 0. The van der Waals surface area contributed by atoms with E-state index in [1.54, 1.807) is 10.9 Å². The fraction of sp³-hybridized carbons (Fsp3) is 0.100. The molecule has 76 valence electrons. The van der Waals surface area contributed by atoms with E-state index in [0.717, 1.165) is 15.7 Å². The van der Waals surface area contributed by atoms with Gasteiger partial charge in [0.1, 0.15) is 5.69 Å². The zero-order valence-corrected chi connectivity index (χ0v) is 9.60. The number of hydrogen-bond donors (Lipinski definition) is 0. The average molecular weight is 266 g/mol. The summed E-state index contributed by atoms with van der Waals surface area (Å²) in [6.45, 7) is 1.98. The van der Waals surface area contributed by atoms with E-state index in [1.807, 2.05) is 25.1 Å². The Balaban J connectivity index is 2.52. The summed E-state index contributed by atoms with van der Waals surface area (Å²) in [4.78, 5) is 10.5. The highest BCUT2D eigenvalue weighted by molar-refractivity contribution is 9.10. The molecule has 2 rings (SSSR count). The lowest BCUT2D eigenvalue weighted by molar-refractivity contribution is 0.111. The van der Waals surface area contributed by atoms with Crippen LogP contribution in [-0.2, 0) is 0 Å². The third kappa shape index (κ3) is 1.97. The van der Waals surface area contributed by atoms with Gasteiger partial charge in [-0.1, -0.05) is 27.2 Å². The fourth-order valence-electron chi connectivity index (χ4n) is 1.28. The molecule has 0 saturated carbocycles. The molecule has 0 amide bonds. The molecule has 0 spiro atoms. The van der Waals surface area contributed by atoms with Gasteiger partial charge in [0.25, 0.3) is 0 Å². The van der Waals surface area contributed by atoms with Gasteiger partial charge in [-0.15, -0.1) is 5.10 Å². The normalized spacial score (nSPS) is 10.3. The molecule has 1 aromatic heterocycles. The lowest BCUT2D eigenvalue weighted by atomic mass is 10.2. The van der Waals surface area contributed by atoms with Gasteiger partial charge in [0.05, 0.1) is 11.9 Å². The van der Waals surface area contributed by atoms with E-state index in [0.29, 0.717) is 12.0 Å². The lowest BCUT2D eigenvalue weighted by Gasteiger charge is -2.04. The van der Waals surface area contributed by atoms with E-state index in [2.05, 4.69) is 26.2 Å². The number of nitrogens with zero attached hydrogens (tertiary/aromatic N) is 3. The molecule has 0 saturated heterocycles. The maximum absolute atomic E-state index is 10.5. The van der Waals surface area contributed by atoms with Gasteiger partial charge in [-0.3, -0.25) is 4.79 Å². The van der Waals surface area contributed by atoms with Gasteiger partial charge in [0.2, 0.25) is 0 Å². The molecule has 0 aliphatic rings.